The van der Waals surface area contributed by atoms with Gasteiger partial charge in [0.2, 0.25) is 0 Å². The number of pyridine rings is 1. The first-order valence-electron chi connectivity index (χ1n) is 6.19. The van der Waals surface area contributed by atoms with Gasteiger partial charge >= 0.3 is 18.0 Å². The molecule has 0 bridgehead atoms. The van der Waals surface area contributed by atoms with Crippen LogP contribution in [0.4, 0.5) is 10.5 Å². The molecule has 1 aromatic heterocycles. The lowest BCUT2D eigenvalue weighted by molar-refractivity contribution is -0.141. The number of amides is 2. The lowest BCUT2D eigenvalue weighted by Gasteiger charge is -2.25. The third-order valence-corrected chi connectivity index (χ3v) is 2.66. The van der Waals surface area contributed by atoms with Crippen molar-refractivity contribution in [1.29, 1.82) is 0 Å². The van der Waals surface area contributed by atoms with Gasteiger partial charge in [-0.25, -0.2) is 14.6 Å². The summed E-state index contributed by atoms with van der Waals surface area (Å²) in [6, 6.07) is 2.05. The number of hydrogen-bond donors (Lipinski definition) is 2. The van der Waals surface area contributed by atoms with Crippen molar-refractivity contribution in [2.45, 2.75) is 19.9 Å². The normalized spacial score (nSPS) is 10.1. The minimum absolute atomic E-state index is 0.0607. The van der Waals surface area contributed by atoms with Crippen molar-refractivity contribution in [3.63, 3.8) is 0 Å². The van der Waals surface area contributed by atoms with E-state index in [9.17, 15) is 14.4 Å². The zero-order valence-electron chi connectivity index (χ0n) is 12.0. The second-order valence-electron chi connectivity index (χ2n) is 4.43. The monoisotopic (exact) mass is 295 g/mol. The van der Waals surface area contributed by atoms with E-state index in [-0.39, 0.29) is 24.0 Å². The highest BCUT2D eigenvalue weighted by molar-refractivity contribution is 5.99. The smallest absolute Gasteiger partial charge is 0.356 e. The van der Waals surface area contributed by atoms with E-state index in [1.807, 2.05) is 0 Å². The van der Waals surface area contributed by atoms with Gasteiger partial charge < -0.3 is 20.1 Å². The van der Waals surface area contributed by atoms with Gasteiger partial charge in [-0.05, 0) is 26.0 Å². The summed E-state index contributed by atoms with van der Waals surface area (Å²) in [5.41, 5.74) is -0.210. The Morgan fingerprint density at radius 3 is 2.62 bits per heavy atom. The number of carbonyl (C=O) groups excluding carboxylic acids is 2. The van der Waals surface area contributed by atoms with Crippen molar-refractivity contribution in [2.75, 3.05) is 19.0 Å². The zero-order valence-corrected chi connectivity index (χ0v) is 12.0. The molecule has 2 N–H and O–H groups in total. The molecule has 0 unspecified atom stereocenters. The van der Waals surface area contributed by atoms with Crippen LogP contribution >= 0.6 is 0 Å². The highest BCUT2D eigenvalue weighted by Gasteiger charge is 2.22. The van der Waals surface area contributed by atoms with Crippen molar-refractivity contribution in [3.05, 3.63) is 24.0 Å². The lowest BCUT2D eigenvalue weighted by Crippen LogP contribution is -2.43. The van der Waals surface area contributed by atoms with Gasteiger partial charge in [0.15, 0.2) is 5.69 Å². The number of methoxy groups -OCH3 is 1. The Morgan fingerprint density at radius 2 is 2.10 bits per heavy atom. The minimum atomic E-state index is -1.25. The van der Waals surface area contributed by atoms with E-state index in [0.717, 1.165) is 0 Å². The van der Waals surface area contributed by atoms with Crippen LogP contribution in [0.25, 0.3) is 0 Å². The van der Waals surface area contributed by atoms with Crippen LogP contribution in [0.5, 0.6) is 0 Å². The molecule has 2 amide bonds. The second-order valence-corrected chi connectivity index (χ2v) is 4.43. The van der Waals surface area contributed by atoms with Gasteiger partial charge in [-0.15, -0.1) is 0 Å². The maximum absolute atomic E-state index is 12.2. The number of carboxylic acid groups (broad SMARTS) is 1. The van der Waals surface area contributed by atoms with E-state index < -0.39 is 18.0 Å². The van der Waals surface area contributed by atoms with Gasteiger partial charge in [-0.1, -0.05) is 0 Å². The maximum Gasteiger partial charge on any atom is 0.356 e. The van der Waals surface area contributed by atoms with Crippen molar-refractivity contribution in [3.8, 4) is 0 Å². The number of carbonyl (C=O) groups is 3. The third-order valence-electron chi connectivity index (χ3n) is 2.66. The van der Waals surface area contributed by atoms with Crippen LogP contribution in [-0.4, -0.2) is 52.7 Å². The number of nitrogens with zero attached hydrogens (tertiary/aromatic N) is 2. The van der Waals surface area contributed by atoms with E-state index in [1.165, 1.54) is 30.3 Å². The largest absolute Gasteiger partial charge is 0.476 e. The minimum Gasteiger partial charge on any atom is -0.476 e. The number of hydrogen-bond acceptors (Lipinski definition) is 5. The van der Waals surface area contributed by atoms with Crippen LogP contribution in [-0.2, 0) is 9.53 Å². The number of rotatable bonds is 5. The van der Waals surface area contributed by atoms with E-state index in [2.05, 4.69) is 15.0 Å². The first-order valence-corrected chi connectivity index (χ1v) is 6.19. The topological polar surface area (TPSA) is 109 Å². The van der Waals surface area contributed by atoms with E-state index in [1.54, 1.807) is 13.8 Å². The highest BCUT2D eigenvalue weighted by atomic mass is 16.5. The molecule has 0 aliphatic carbocycles. The SMILES string of the molecule is COC(=O)CN(C(=O)Nc1cccnc1C(=O)O)C(C)C. The molecule has 21 heavy (non-hydrogen) atoms. The molecule has 8 heteroatoms. The fourth-order valence-corrected chi connectivity index (χ4v) is 1.56. The summed E-state index contributed by atoms with van der Waals surface area (Å²) in [6.45, 7) is 3.22. The molecule has 0 saturated carbocycles. The Balaban J connectivity index is 2.92. The van der Waals surface area contributed by atoms with Gasteiger partial charge in [0.1, 0.15) is 6.54 Å². The Bertz CT molecular complexity index is 544. The summed E-state index contributed by atoms with van der Waals surface area (Å²) >= 11 is 0. The van der Waals surface area contributed by atoms with E-state index in [0.29, 0.717) is 0 Å². The summed E-state index contributed by atoms with van der Waals surface area (Å²) in [5, 5.41) is 11.4. The highest BCUT2D eigenvalue weighted by Crippen LogP contribution is 2.13. The number of urea groups is 1. The number of carboxylic acids is 1. The molecule has 114 valence electrons. The molecule has 0 atom stereocenters. The van der Waals surface area contributed by atoms with Gasteiger partial charge in [0.05, 0.1) is 12.8 Å². The molecular formula is C13H17N3O5. The van der Waals surface area contributed by atoms with Crippen LogP contribution < -0.4 is 5.32 Å². The third kappa shape index (κ3) is 4.44. The van der Waals surface area contributed by atoms with Gasteiger partial charge in [0.25, 0.3) is 0 Å². The van der Waals surface area contributed by atoms with Crippen LogP contribution in [0.1, 0.15) is 24.3 Å². The summed E-state index contributed by atoms with van der Waals surface area (Å²) in [6.07, 6.45) is 1.31. The summed E-state index contributed by atoms with van der Waals surface area (Å²) in [7, 11) is 1.22. The molecule has 0 radical (unpaired) electrons. The van der Waals surface area contributed by atoms with Gasteiger partial charge in [-0.3, -0.25) is 4.79 Å². The number of aromatic nitrogens is 1. The quantitative estimate of drug-likeness (QED) is 0.790. The first-order chi connectivity index (χ1) is 9.86. The molecule has 0 fully saturated rings. The predicted octanol–water partition coefficient (Wildman–Crippen LogP) is 1.20. The number of esters is 1. The zero-order chi connectivity index (χ0) is 16.0. The molecule has 0 aliphatic heterocycles. The molecule has 1 aromatic rings. The van der Waals surface area contributed by atoms with Gasteiger partial charge in [0, 0.05) is 12.2 Å². The van der Waals surface area contributed by atoms with E-state index in [4.69, 9.17) is 5.11 Å². The maximum atomic E-state index is 12.2. The number of aromatic carboxylic acids is 1. The number of anilines is 1. The number of nitrogens with one attached hydrogen (secondary N) is 1. The van der Waals surface area contributed by atoms with Crippen molar-refractivity contribution >= 4 is 23.7 Å². The molecule has 0 aromatic carbocycles. The van der Waals surface area contributed by atoms with Crippen molar-refractivity contribution < 1.29 is 24.2 Å². The van der Waals surface area contributed by atoms with Crippen LogP contribution in [0.15, 0.2) is 18.3 Å². The van der Waals surface area contributed by atoms with Crippen LogP contribution in [0.2, 0.25) is 0 Å². The van der Waals surface area contributed by atoms with E-state index >= 15 is 0 Å². The standard InChI is InChI=1S/C13H17N3O5/c1-8(2)16(7-10(17)21-3)13(20)15-9-5-4-6-14-11(9)12(18)19/h4-6,8H,7H2,1-3H3,(H,15,20)(H,18,19). The van der Waals surface area contributed by atoms with Crippen LogP contribution in [0.3, 0.4) is 0 Å². The summed E-state index contributed by atoms with van der Waals surface area (Å²) in [4.78, 5) is 39.4. The Morgan fingerprint density at radius 1 is 1.43 bits per heavy atom. The molecule has 0 saturated heterocycles. The number of ether oxygens (including phenoxy) is 1. The fourth-order valence-electron chi connectivity index (χ4n) is 1.56. The second kappa shape index (κ2) is 7.22. The average Bonchev–Trinajstić information content (AvgIpc) is 2.44. The summed E-state index contributed by atoms with van der Waals surface area (Å²) < 4.78 is 4.53. The van der Waals surface area contributed by atoms with Crippen LogP contribution in [0, 0.1) is 0 Å². The molecular weight excluding hydrogens is 278 g/mol. The average molecular weight is 295 g/mol. The Kier molecular flexibility index (Phi) is 5.65. The fraction of sp³-hybridized carbons (Fsp3) is 0.385. The lowest BCUT2D eigenvalue weighted by atomic mass is 10.3. The predicted molar refractivity (Wildman–Crippen MR) is 74.1 cm³/mol. The van der Waals surface area contributed by atoms with Crippen molar-refractivity contribution in [2.24, 2.45) is 0 Å². The Hall–Kier alpha value is -2.64. The molecule has 1 rings (SSSR count). The molecule has 1 heterocycles. The molecule has 8 nitrogen and oxygen atoms in total. The van der Waals surface area contributed by atoms with Gasteiger partial charge in [-0.2, -0.15) is 0 Å². The first kappa shape index (κ1) is 16.4. The van der Waals surface area contributed by atoms with Crippen molar-refractivity contribution in [1.82, 2.24) is 9.88 Å². The molecule has 0 spiro atoms. The summed E-state index contributed by atoms with van der Waals surface area (Å²) in [5.74, 6) is -1.82. The molecule has 0 aliphatic rings. The Labute approximate surface area is 121 Å².